The Morgan fingerprint density at radius 3 is 2.64 bits per heavy atom. The Hall–Kier alpha value is -1.77. The predicted molar refractivity (Wildman–Crippen MR) is 108 cm³/mol. The highest BCUT2D eigenvalue weighted by Gasteiger charge is 2.42. The Balaban J connectivity index is 2.11. The van der Waals surface area contributed by atoms with Crippen molar-refractivity contribution in [3.8, 4) is 5.75 Å². The second-order valence-electron chi connectivity index (χ2n) is 7.06. The zero-order chi connectivity index (χ0) is 20.6. The van der Waals surface area contributed by atoms with Gasteiger partial charge in [-0.1, -0.05) is 6.92 Å². The molecule has 0 bridgehead atoms. The summed E-state index contributed by atoms with van der Waals surface area (Å²) in [5.41, 5.74) is 2.16. The number of hydrogen-bond donors (Lipinski definition) is 1. The number of amides is 1. The number of ether oxygens (including phenoxy) is 1. The first-order valence-corrected chi connectivity index (χ1v) is 11.7. The van der Waals surface area contributed by atoms with Crippen LogP contribution in [0, 0.1) is 0 Å². The van der Waals surface area contributed by atoms with Gasteiger partial charge in [0, 0.05) is 36.4 Å². The average Bonchev–Trinajstić information content (AvgIpc) is 2.95. The van der Waals surface area contributed by atoms with Crippen LogP contribution in [0.1, 0.15) is 38.8 Å². The largest absolute Gasteiger partial charge is 0.494 e. The molecule has 1 amide bonds. The number of rotatable bonds is 6. The molecule has 1 N–H and O–H groups in total. The number of carbonyl (C=O) groups excluding carboxylic acids is 1. The van der Waals surface area contributed by atoms with Gasteiger partial charge in [-0.05, 0) is 44.0 Å². The fraction of sp³-hybridized carbons (Fsp3) is 0.526. The first-order chi connectivity index (χ1) is 13.2. The van der Waals surface area contributed by atoms with Crippen molar-refractivity contribution in [1.29, 1.82) is 0 Å². The molecule has 2 atom stereocenters. The summed E-state index contributed by atoms with van der Waals surface area (Å²) in [6.45, 7) is 8.00. The van der Waals surface area contributed by atoms with Crippen molar-refractivity contribution in [3.05, 3.63) is 35.0 Å². The van der Waals surface area contributed by atoms with E-state index < -0.39 is 15.1 Å². The highest BCUT2D eigenvalue weighted by molar-refractivity contribution is 8.13. The zero-order valence-corrected chi connectivity index (χ0v) is 18.1. The van der Waals surface area contributed by atoms with E-state index in [0.717, 1.165) is 18.5 Å². The van der Waals surface area contributed by atoms with Crippen LogP contribution in [0.5, 0.6) is 5.75 Å². The molecule has 28 heavy (non-hydrogen) atoms. The molecule has 0 saturated carbocycles. The molecule has 1 aromatic rings. The maximum absolute atomic E-state index is 12.7. The van der Waals surface area contributed by atoms with E-state index in [2.05, 4.69) is 24.1 Å². The van der Waals surface area contributed by atoms with Crippen LogP contribution in [0.3, 0.4) is 0 Å². The second-order valence-corrected chi connectivity index (χ2v) is 9.63. The lowest BCUT2D eigenvalue weighted by Gasteiger charge is -2.41. The minimum atomic E-state index is -3.90. The molecule has 2 heterocycles. The van der Waals surface area contributed by atoms with Crippen molar-refractivity contribution < 1.29 is 17.9 Å². The molecule has 2 unspecified atom stereocenters. The minimum Gasteiger partial charge on any atom is -0.494 e. The Bertz CT molecular complexity index is 916. The number of likely N-dealkylation sites (N-methyl/N-ethyl adjacent to an activating group) is 1. The van der Waals surface area contributed by atoms with Gasteiger partial charge in [-0.25, -0.2) is 8.42 Å². The van der Waals surface area contributed by atoms with Crippen LogP contribution < -0.4 is 10.1 Å². The summed E-state index contributed by atoms with van der Waals surface area (Å²) < 4.78 is 29.4. The summed E-state index contributed by atoms with van der Waals surface area (Å²) in [6, 6.07) is 4.05. The second kappa shape index (κ2) is 7.93. The molecule has 0 spiro atoms. The molecule has 2 aliphatic rings. The Morgan fingerprint density at radius 1 is 1.32 bits per heavy atom. The molecule has 0 saturated heterocycles. The van der Waals surface area contributed by atoms with Crippen LogP contribution in [-0.4, -0.2) is 57.0 Å². The first-order valence-electron chi connectivity index (χ1n) is 9.41. The van der Waals surface area contributed by atoms with Crippen molar-refractivity contribution in [2.45, 2.75) is 44.3 Å². The Morgan fingerprint density at radius 2 is 2.04 bits per heavy atom. The van der Waals surface area contributed by atoms with E-state index in [1.165, 1.54) is 12.1 Å². The standard InChI is InChI=1S/C19H26ClN3O4S/c1-5-9-23-11-15-17(21-19(24)18(15)22(4)12(23)3)14-10-13(28(20,25)26)7-8-16(14)27-6-2/h7-8,10,12,17H,5-6,9,11H2,1-4H3,(H,21,24). The van der Waals surface area contributed by atoms with Gasteiger partial charge in [-0.2, -0.15) is 0 Å². The van der Waals surface area contributed by atoms with Crippen molar-refractivity contribution in [3.63, 3.8) is 0 Å². The fourth-order valence-electron chi connectivity index (χ4n) is 3.91. The van der Waals surface area contributed by atoms with Gasteiger partial charge in [0.05, 0.1) is 23.7 Å². The van der Waals surface area contributed by atoms with Crippen LogP contribution in [0.2, 0.25) is 0 Å². The van der Waals surface area contributed by atoms with Crippen molar-refractivity contribution in [2.24, 2.45) is 0 Å². The summed E-state index contributed by atoms with van der Waals surface area (Å²) in [4.78, 5) is 17.0. The number of hydrogen-bond acceptors (Lipinski definition) is 6. The highest BCUT2D eigenvalue weighted by atomic mass is 35.7. The summed E-state index contributed by atoms with van der Waals surface area (Å²) in [7, 11) is 3.56. The molecule has 2 aliphatic heterocycles. The van der Waals surface area contributed by atoms with Gasteiger partial charge in [-0.3, -0.25) is 9.69 Å². The van der Waals surface area contributed by atoms with Crippen LogP contribution >= 0.6 is 10.7 Å². The van der Waals surface area contributed by atoms with Crippen LogP contribution in [0.4, 0.5) is 0 Å². The van der Waals surface area contributed by atoms with Crippen molar-refractivity contribution in [2.75, 3.05) is 26.7 Å². The third-order valence-corrected chi connectivity index (χ3v) is 6.69. The normalized spacial score (nSPS) is 23.0. The topological polar surface area (TPSA) is 79.0 Å². The quantitative estimate of drug-likeness (QED) is 0.702. The van der Waals surface area contributed by atoms with Crippen LogP contribution in [0.15, 0.2) is 34.4 Å². The summed E-state index contributed by atoms with van der Waals surface area (Å²) >= 11 is 0. The van der Waals surface area contributed by atoms with Crippen LogP contribution in [0.25, 0.3) is 0 Å². The molecule has 0 aromatic heterocycles. The molecule has 9 heteroatoms. The number of nitrogens with one attached hydrogen (secondary N) is 1. The van der Waals surface area contributed by atoms with Gasteiger partial charge in [0.1, 0.15) is 11.4 Å². The lowest BCUT2D eigenvalue weighted by Crippen LogP contribution is -2.50. The van der Waals surface area contributed by atoms with E-state index >= 15 is 0 Å². The molecule has 0 fully saturated rings. The molecule has 0 radical (unpaired) electrons. The summed E-state index contributed by atoms with van der Waals surface area (Å²) in [5, 5.41) is 3.00. The fourth-order valence-corrected chi connectivity index (χ4v) is 4.70. The maximum Gasteiger partial charge on any atom is 0.268 e. The van der Waals surface area contributed by atoms with Gasteiger partial charge in [0.2, 0.25) is 0 Å². The van der Waals surface area contributed by atoms with Gasteiger partial charge in [0.15, 0.2) is 0 Å². The molecule has 1 aromatic carbocycles. The van der Waals surface area contributed by atoms with E-state index in [-0.39, 0.29) is 17.0 Å². The smallest absolute Gasteiger partial charge is 0.268 e. The van der Waals surface area contributed by atoms with E-state index in [1.54, 1.807) is 6.07 Å². The van der Waals surface area contributed by atoms with Crippen molar-refractivity contribution in [1.82, 2.24) is 15.1 Å². The molecular weight excluding hydrogens is 402 g/mol. The molecular formula is C19H26ClN3O4S. The van der Waals surface area contributed by atoms with Gasteiger partial charge < -0.3 is 15.0 Å². The number of benzene rings is 1. The van der Waals surface area contributed by atoms with E-state index in [0.29, 0.717) is 30.2 Å². The number of halogens is 1. The number of carbonyl (C=O) groups is 1. The van der Waals surface area contributed by atoms with Gasteiger partial charge >= 0.3 is 0 Å². The van der Waals surface area contributed by atoms with Gasteiger partial charge in [0.25, 0.3) is 15.0 Å². The first kappa shape index (κ1) is 21.0. The van der Waals surface area contributed by atoms with E-state index in [1.807, 2.05) is 18.9 Å². The predicted octanol–water partition coefficient (Wildman–Crippen LogP) is 2.44. The third kappa shape index (κ3) is 3.73. The van der Waals surface area contributed by atoms with E-state index in [4.69, 9.17) is 15.4 Å². The average molecular weight is 428 g/mol. The lowest BCUT2D eigenvalue weighted by atomic mass is 9.96. The number of nitrogens with zero attached hydrogens (tertiary/aromatic N) is 2. The Labute approximate surface area is 170 Å². The summed E-state index contributed by atoms with van der Waals surface area (Å²) in [6.07, 6.45) is 1.10. The SMILES string of the molecule is CCCN1CC2=C(C(=O)NC2c2cc(S(=O)(=O)Cl)ccc2OCC)N(C)C1C. The monoisotopic (exact) mass is 427 g/mol. The van der Waals surface area contributed by atoms with Crippen LogP contribution in [-0.2, 0) is 13.8 Å². The molecule has 0 aliphatic carbocycles. The molecule has 3 rings (SSSR count). The Kier molecular flexibility index (Phi) is 5.93. The maximum atomic E-state index is 12.7. The summed E-state index contributed by atoms with van der Waals surface area (Å²) in [5.74, 6) is 0.376. The lowest BCUT2D eigenvalue weighted by molar-refractivity contribution is -0.119. The van der Waals surface area contributed by atoms with Crippen molar-refractivity contribution >= 4 is 25.6 Å². The highest BCUT2D eigenvalue weighted by Crippen LogP contribution is 2.40. The molecule has 7 nitrogen and oxygen atoms in total. The zero-order valence-electron chi connectivity index (χ0n) is 16.5. The third-order valence-electron chi connectivity index (χ3n) is 5.34. The van der Waals surface area contributed by atoms with Gasteiger partial charge in [-0.15, -0.1) is 0 Å². The molecule has 154 valence electrons. The van der Waals surface area contributed by atoms with E-state index in [9.17, 15) is 13.2 Å². The minimum absolute atomic E-state index is 0.0149.